The fourth-order valence-electron chi connectivity index (χ4n) is 2.39. The van der Waals surface area contributed by atoms with Gasteiger partial charge in [0.25, 0.3) is 0 Å². The molecule has 3 aromatic rings. The number of aromatic amines is 2. The summed E-state index contributed by atoms with van der Waals surface area (Å²) >= 11 is 0. The first-order valence-corrected chi connectivity index (χ1v) is 6.20. The molecular formula is C15H17N3. The Kier molecular flexibility index (Phi) is 2.68. The molecule has 0 spiro atoms. The van der Waals surface area contributed by atoms with Gasteiger partial charge in [-0.25, -0.2) is 0 Å². The van der Waals surface area contributed by atoms with Gasteiger partial charge in [0, 0.05) is 34.5 Å². The molecule has 4 N–H and O–H groups in total. The second-order valence-electron chi connectivity index (χ2n) is 4.77. The molecule has 3 nitrogen and oxygen atoms in total. The minimum absolute atomic E-state index is 0.0120. The van der Waals surface area contributed by atoms with E-state index in [9.17, 15) is 0 Å². The van der Waals surface area contributed by atoms with Crippen LogP contribution in [0.25, 0.3) is 10.9 Å². The van der Waals surface area contributed by atoms with E-state index in [1.807, 2.05) is 13.0 Å². The van der Waals surface area contributed by atoms with Gasteiger partial charge in [0.05, 0.1) is 0 Å². The van der Waals surface area contributed by atoms with E-state index in [-0.39, 0.29) is 6.04 Å². The molecule has 92 valence electrons. The zero-order valence-electron chi connectivity index (χ0n) is 10.4. The van der Waals surface area contributed by atoms with Gasteiger partial charge in [-0.3, -0.25) is 0 Å². The quantitative estimate of drug-likeness (QED) is 0.646. The summed E-state index contributed by atoms with van der Waals surface area (Å²) in [4.78, 5) is 6.59. The lowest BCUT2D eigenvalue weighted by Gasteiger charge is -2.09. The summed E-state index contributed by atoms with van der Waals surface area (Å²) in [6.45, 7) is 2.04. The number of benzene rings is 1. The third-order valence-corrected chi connectivity index (χ3v) is 3.37. The van der Waals surface area contributed by atoms with Crippen LogP contribution >= 0.6 is 0 Å². The summed E-state index contributed by atoms with van der Waals surface area (Å²) in [6, 6.07) is 12.5. The summed E-state index contributed by atoms with van der Waals surface area (Å²) in [5, 5.41) is 1.26. The zero-order chi connectivity index (χ0) is 12.5. The molecule has 3 rings (SSSR count). The molecule has 0 aliphatic carbocycles. The Morgan fingerprint density at radius 2 is 2.00 bits per heavy atom. The van der Waals surface area contributed by atoms with Crippen molar-refractivity contribution >= 4 is 10.9 Å². The normalized spacial score (nSPS) is 13.0. The highest BCUT2D eigenvalue weighted by Gasteiger charge is 2.11. The van der Waals surface area contributed by atoms with Crippen molar-refractivity contribution < 1.29 is 0 Å². The van der Waals surface area contributed by atoms with Crippen molar-refractivity contribution in [3.63, 3.8) is 0 Å². The van der Waals surface area contributed by atoms with E-state index >= 15 is 0 Å². The highest BCUT2D eigenvalue weighted by molar-refractivity contribution is 5.83. The number of aryl methyl sites for hydroxylation is 1. The Hall–Kier alpha value is -2.00. The molecule has 0 saturated heterocycles. The van der Waals surface area contributed by atoms with E-state index < -0.39 is 0 Å². The third-order valence-electron chi connectivity index (χ3n) is 3.37. The predicted octanol–water partition coefficient (Wildman–Crippen LogP) is 3.05. The molecule has 2 aromatic heterocycles. The number of rotatable bonds is 3. The van der Waals surface area contributed by atoms with Crippen molar-refractivity contribution in [1.29, 1.82) is 0 Å². The highest BCUT2D eigenvalue weighted by Crippen LogP contribution is 2.22. The van der Waals surface area contributed by atoms with E-state index in [2.05, 4.69) is 46.5 Å². The topological polar surface area (TPSA) is 57.6 Å². The smallest absolute Gasteiger partial charge is 0.0489 e. The standard InChI is InChI=1S/C15H17N3/c1-10-6-7-15(18-10)13(16)8-11-9-17-14-5-3-2-4-12(11)14/h2-7,9,13,17-18H,8,16H2,1H3/t13-/m1/s1. The molecule has 0 unspecified atom stereocenters. The highest BCUT2D eigenvalue weighted by atomic mass is 14.8. The van der Waals surface area contributed by atoms with Crippen LogP contribution in [0.5, 0.6) is 0 Å². The second-order valence-corrected chi connectivity index (χ2v) is 4.77. The number of H-pyrrole nitrogens is 2. The number of nitrogens with one attached hydrogen (secondary N) is 2. The molecule has 18 heavy (non-hydrogen) atoms. The Labute approximate surface area is 106 Å². The van der Waals surface area contributed by atoms with Gasteiger partial charge in [-0.2, -0.15) is 0 Å². The molecule has 0 radical (unpaired) electrons. The van der Waals surface area contributed by atoms with Crippen molar-refractivity contribution in [2.75, 3.05) is 0 Å². The first-order valence-electron chi connectivity index (χ1n) is 6.20. The van der Waals surface area contributed by atoms with Gasteiger partial charge >= 0.3 is 0 Å². The molecular weight excluding hydrogens is 222 g/mol. The molecule has 3 heteroatoms. The van der Waals surface area contributed by atoms with Crippen LogP contribution in [0, 0.1) is 6.92 Å². The summed E-state index contributed by atoms with van der Waals surface area (Å²) < 4.78 is 0. The molecule has 0 aliphatic rings. The van der Waals surface area contributed by atoms with Crippen LogP contribution in [0.15, 0.2) is 42.6 Å². The van der Waals surface area contributed by atoms with E-state index in [0.29, 0.717) is 0 Å². The molecule has 0 amide bonds. The number of para-hydroxylation sites is 1. The Morgan fingerprint density at radius 1 is 1.17 bits per heavy atom. The van der Waals surface area contributed by atoms with Crippen molar-refractivity contribution in [1.82, 2.24) is 9.97 Å². The Bertz CT molecular complexity index is 663. The second kappa shape index (κ2) is 4.35. The van der Waals surface area contributed by atoms with Gasteiger partial charge in [0.1, 0.15) is 0 Å². The maximum atomic E-state index is 6.25. The number of hydrogen-bond donors (Lipinski definition) is 3. The minimum atomic E-state index is 0.0120. The van der Waals surface area contributed by atoms with Crippen LogP contribution in [-0.4, -0.2) is 9.97 Å². The fraction of sp³-hybridized carbons (Fsp3) is 0.200. The number of fused-ring (bicyclic) bond motifs is 1. The molecule has 0 fully saturated rings. The SMILES string of the molecule is Cc1ccc([C@H](N)Cc2c[nH]c3ccccc23)[nH]1. The molecule has 0 saturated carbocycles. The third kappa shape index (κ3) is 1.93. The number of hydrogen-bond acceptors (Lipinski definition) is 1. The summed E-state index contributed by atoms with van der Waals surface area (Å²) in [7, 11) is 0. The average molecular weight is 239 g/mol. The number of aromatic nitrogens is 2. The lowest BCUT2D eigenvalue weighted by molar-refractivity contribution is 0.703. The van der Waals surface area contributed by atoms with Gasteiger partial charge in [0.15, 0.2) is 0 Å². The largest absolute Gasteiger partial charge is 0.361 e. The molecule has 1 aromatic carbocycles. The van der Waals surface area contributed by atoms with E-state index in [4.69, 9.17) is 5.73 Å². The monoisotopic (exact) mass is 239 g/mol. The van der Waals surface area contributed by atoms with Gasteiger partial charge in [0.2, 0.25) is 0 Å². The lowest BCUT2D eigenvalue weighted by Crippen LogP contribution is -2.13. The first kappa shape index (κ1) is 11.1. The summed E-state index contributed by atoms with van der Waals surface area (Å²) in [5.74, 6) is 0. The lowest BCUT2D eigenvalue weighted by atomic mass is 10.0. The molecule has 0 bridgehead atoms. The van der Waals surface area contributed by atoms with E-state index in [1.54, 1.807) is 0 Å². The molecule has 1 atom stereocenters. The maximum absolute atomic E-state index is 6.25. The van der Waals surface area contributed by atoms with Gasteiger partial charge in [-0.15, -0.1) is 0 Å². The predicted molar refractivity (Wildman–Crippen MR) is 74.5 cm³/mol. The van der Waals surface area contributed by atoms with Gasteiger partial charge in [-0.1, -0.05) is 18.2 Å². The summed E-state index contributed by atoms with van der Waals surface area (Å²) in [5.41, 5.74) is 10.9. The van der Waals surface area contributed by atoms with Crippen LogP contribution in [0.1, 0.15) is 23.0 Å². The van der Waals surface area contributed by atoms with Crippen LogP contribution in [0.3, 0.4) is 0 Å². The van der Waals surface area contributed by atoms with E-state index in [1.165, 1.54) is 16.5 Å². The Morgan fingerprint density at radius 3 is 2.78 bits per heavy atom. The van der Waals surface area contributed by atoms with Crippen LogP contribution in [0.4, 0.5) is 0 Å². The molecule has 0 aliphatic heterocycles. The Balaban J connectivity index is 1.88. The van der Waals surface area contributed by atoms with Crippen molar-refractivity contribution in [2.24, 2.45) is 5.73 Å². The average Bonchev–Trinajstić information content (AvgIpc) is 2.97. The number of nitrogens with two attached hydrogens (primary N) is 1. The first-order chi connectivity index (χ1) is 8.74. The minimum Gasteiger partial charge on any atom is -0.361 e. The van der Waals surface area contributed by atoms with Crippen LogP contribution < -0.4 is 5.73 Å². The van der Waals surface area contributed by atoms with E-state index in [0.717, 1.165) is 17.8 Å². The maximum Gasteiger partial charge on any atom is 0.0489 e. The van der Waals surface area contributed by atoms with Crippen molar-refractivity contribution in [3.8, 4) is 0 Å². The van der Waals surface area contributed by atoms with Crippen molar-refractivity contribution in [3.05, 3.63) is 59.5 Å². The van der Waals surface area contributed by atoms with Crippen LogP contribution in [-0.2, 0) is 6.42 Å². The van der Waals surface area contributed by atoms with Gasteiger partial charge in [-0.05, 0) is 37.1 Å². The van der Waals surface area contributed by atoms with Gasteiger partial charge < -0.3 is 15.7 Å². The molecule has 2 heterocycles. The fourth-order valence-corrected chi connectivity index (χ4v) is 2.39. The summed E-state index contributed by atoms with van der Waals surface area (Å²) in [6.07, 6.45) is 2.89. The van der Waals surface area contributed by atoms with Crippen molar-refractivity contribution in [2.45, 2.75) is 19.4 Å². The van der Waals surface area contributed by atoms with Crippen LogP contribution in [0.2, 0.25) is 0 Å². The zero-order valence-corrected chi connectivity index (χ0v) is 10.4.